The molecule has 146 valence electrons. The van der Waals surface area contributed by atoms with Gasteiger partial charge in [0.1, 0.15) is 11.3 Å². The van der Waals surface area contributed by atoms with Crippen molar-refractivity contribution in [2.45, 2.75) is 44.6 Å². The van der Waals surface area contributed by atoms with E-state index in [0.717, 1.165) is 4.57 Å². The Morgan fingerprint density at radius 3 is 2.48 bits per heavy atom. The first-order chi connectivity index (χ1) is 13.0. The van der Waals surface area contributed by atoms with E-state index in [1.165, 1.54) is 63.3 Å². The topological polar surface area (TPSA) is 98.0 Å². The van der Waals surface area contributed by atoms with Gasteiger partial charge in [-0.2, -0.15) is 0 Å². The first kappa shape index (κ1) is 19.3. The Balaban J connectivity index is 1.64. The minimum Gasteiger partial charge on any atom is -0.349 e. The third-order valence-electron chi connectivity index (χ3n) is 5.23. The van der Waals surface area contributed by atoms with Gasteiger partial charge in [0.25, 0.3) is 11.5 Å². The molecule has 2 N–H and O–H groups in total. The van der Waals surface area contributed by atoms with E-state index in [4.69, 9.17) is 0 Å². The predicted octanol–water partition coefficient (Wildman–Crippen LogP) is 0.674. The molecule has 0 saturated heterocycles. The molecule has 1 aliphatic carbocycles. The van der Waals surface area contributed by atoms with Gasteiger partial charge >= 0.3 is 5.69 Å². The standard InChI is InChI=1S/C19H27N5O3/c1-23-16-14(18(26)24(2)19(23)27)9-10-15(22-16)17(25)21-12-11-20-13-7-5-3-4-6-8-13/h9-10,13,20H,3-8,11-12H2,1-2H3,(H,21,25). The first-order valence-electron chi connectivity index (χ1n) is 9.57. The van der Waals surface area contributed by atoms with Crippen molar-refractivity contribution in [3.05, 3.63) is 38.7 Å². The van der Waals surface area contributed by atoms with Gasteiger partial charge in [-0.1, -0.05) is 25.7 Å². The van der Waals surface area contributed by atoms with Gasteiger partial charge < -0.3 is 10.6 Å². The number of pyridine rings is 1. The zero-order chi connectivity index (χ0) is 19.4. The van der Waals surface area contributed by atoms with Crippen LogP contribution in [-0.4, -0.2) is 39.2 Å². The molecule has 1 amide bonds. The van der Waals surface area contributed by atoms with Gasteiger partial charge in [-0.25, -0.2) is 9.78 Å². The van der Waals surface area contributed by atoms with Crippen molar-refractivity contribution in [3.8, 4) is 0 Å². The summed E-state index contributed by atoms with van der Waals surface area (Å²) in [6, 6.07) is 3.60. The van der Waals surface area contributed by atoms with Gasteiger partial charge in [0, 0.05) is 33.2 Å². The third kappa shape index (κ3) is 4.27. The number of amides is 1. The Morgan fingerprint density at radius 1 is 1.07 bits per heavy atom. The van der Waals surface area contributed by atoms with E-state index in [1.807, 2.05) is 0 Å². The van der Waals surface area contributed by atoms with E-state index in [2.05, 4.69) is 15.6 Å². The largest absolute Gasteiger partial charge is 0.349 e. The molecule has 0 spiro atoms. The molecule has 0 aliphatic heterocycles. The van der Waals surface area contributed by atoms with Gasteiger partial charge in [0.2, 0.25) is 0 Å². The van der Waals surface area contributed by atoms with Gasteiger partial charge in [-0.15, -0.1) is 0 Å². The van der Waals surface area contributed by atoms with E-state index in [0.29, 0.717) is 24.5 Å². The quantitative estimate of drug-likeness (QED) is 0.593. The highest BCUT2D eigenvalue weighted by Gasteiger charge is 2.14. The lowest BCUT2D eigenvalue weighted by atomic mass is 10.1. The van der Waals surface area contributed by atoms with Gasteiger partial charge in [-0.05, 0) is 25.0 Å². The molecule has 27 heavy (non-hydrogen) atoms. The lowest BCUT2D eigenvalue weighted by Gasteiger charge is -2.16. The Kier molecular flexibility index (Phi) is 6.05. The molecule has 0 unspecified atom stereocenters. The summed E-state index contributed by atoms with van der Waals surface area (Å²) in [5.74, 6) is -0.312. The Labute approximate surface area is 157 Å². The molecule has 1 aliphatic rings. The Morgan fingerprint density at radius 2 is 1.78 bits per heavy atom. The number of carbonyl (C=O) groups excluding carboxylic acids is 1. The molecule has 0 aromatic carbocycles. The third-order valence-corrected chi connectivity index (χ3v) is 5.23. The molecule has 2 heterocycles. The van der Waals surface area contributed by atoms with Crippen LogP contribution in [-0.2, 0) is 14.1 Å². The maximum Gasteiger partial charge on any atom is 0.332 e. The monoisotopic (exact) mass is 373 g/mol. The fourth-order valence-corrected chi connectivity index (χ4v) is 3.61. The number of carbonyl (C=O) groups is 1. The van der Waals surface area contributed by atoms with Crippen LogP contribution in [0.25, 0.3) is 11.0 Å². The van der Waals surface area contributed by atoms with Crippen molar-refractivity contribution in [2.24, 2.45) is 14.1 Å². The molecule has 1 fully saturated rings. The molecule has 0 atom stereocenters. The molecule has 8 heteroatoms. The number of rotatable bonds is 5. The summed E-state index contributed by atoms with van der Waals surface area (Å²) in [5.41, 5.74) is -0.474. The second kappa shape index (κ2) is 8.47. The highest BCUT2D eigenvalue weighted by Crippen LogP contribution is 2.16. The summed E-state index contributed by atoms with van der Waals surface area (Å²) >= 11 is 0. The van der Waals surface area contributed by atoms with Crippen LogP contribution >= 0.6 is 0 Å². The first-order valence-corrected chi connectivity index (χ1v) is 9.57. The summed E-state index contributed by atoms with van der Waals surface area (Å²) < 4.78 is 2.31. The predicted molar refractivity (Wildman–Crippen MR) is 104 cm³/mol. The number of hydrogen-bond donors (Lipinski definition) is 2. The lowest BCUT2D eigenvalue weighted by molar-refractivity contribution is 0.0949. The SMILES string of the molecule is Cn1c(=O)c2ccc(C(=O)NCCNC3CCCCCC3)nc2n(C)c1=O. The summed E-state index contributed by atoms with van der Waals surface area (Å²) in [6.07, 6.45) is 7.56. The highest BCUT2D eigenvalue weighted by atomic mass is 16.2. The van der Waals surface area contributed by atoms with E-state index in [-0.39, 0.29) is 17.2 Å². The van der Waals surface area contributed by atoms with Gasteiger partial charge in [0.15, 0.2) is 0 Å². The van der Waals surface area contributed by atoms with E-state index in [9.17, 15) is 14.4 Å². The maximum atomic E-state index is 12.4. The Bertz CT molecular complexity index is 939. The second-order valence-electron chi connectivity index (χ2n) is 7.17. The van der Waals surface area contributed by atoms with Crippen molar-refractivity contribution in [2.75, 3.05) is 13.1 Å². The summed E-state index contributed by atoms with van der Waals surface area (Å²) in [5, 5.41) is 6.66. The second-order valence-corrected chi connectivity index (χ2v) is 7.17. The van der Waals surface area contributed by atoms with Crippen LogP contribution in [0.1, 0.15) is 49.0 Å². The number of aromatic nitrogens is 3. The van der Waals surface area contributed by atoms with Crippen LogP contribution in [0.15, 0.2) is 21.7 Å². The maximum absolute atomic E-state index is 12.4. The molecule has 0 radical (unpaired) electrons. The van der Waals surface area contributed by atoms with Crippen molar-refractivity contribution < 1.29 is 4.79 Å². The van der Waals surface area contributed by atoms with Crippen molar-refractivity contribution in [1.29, 1.82) is 0 Å². The van der Waals surface area contributed by atoms with E-state index in [1.54, 1.807) is 6.07 Å². The molecule has 0 bridgehead atoms. The van der Waals surface area contributed by atoms with Crippen molar-refractivity contribution in [3.63, 3.8) is 0 Å². The normalized spacial score (nSPS) is 15.6. The summed E-state index contributed by atoms with van der Waals surface area (Å²) in [6.45, 7) is 1.22. The number of aryl methyl sites for hydroxylation is 1. The lowest BCUT2D eigenvalue weighted by Crippen LogP contribution is -2.38. The zero-order valence-electron chi connectivity index (χ0n) is 16.0. The molecule has 1 saturated carbocycles. The fraction of sp³-hybridized carbons (Fsp3) is 0.579. The highest BCUT2D eigenvalue weighted by molar-refractivity contribution is 5.94. The summed E-state index contributed by atoms with van der Waals surface area (Å²) in [7, 11) is 2.96. The molecular weight excluding hydrogens is 346 g/mol. The van der Waals surface area contributed by atoms with Crippen LogP contribution in [0.3, 0.4) is 0 Å². The number of hydrogen-bond acceptors (Lipinski definition) is 5. The number of nitrogens with zero attached hydrogens (tertiary/aromatic N) is 3. The van der Waals surface area contributed by atoms with Crippen molar-refractivity contribution in [1.82, 2.24) is 24.8 Å². The minimum absolute atomic E-state index is 0.195. The van der Waals surface area contributed by atoms with Crippen LogP contribution in [0.5, 0.6) is 0 Å². The molecule has 2 aromatic rings. The average molecular weight is 373 g/mol. The molecule has 2 aromatic heterocycles. The van der Waals surface area contributed by atoms with E-state index >= 15 is 0 Å². The van der Waals surface area contributed by atoms with Crippen LogP contribution in [0.2, 0.25) is 0 Å². The zero-order valence-corrected chi connectivity index (χ0v) is 16.0. The van der Waals surface area contributed by atoms with Crippen LogP contribution in [0, 0.1) is 0 Å². The number of fused-ring (bicyclic) bond motifs is 1. The van der Waals surface area contributed by atoms with E-state index < -0.39 is 11.2 Å². The van der Waals surface area contributed by atoms with Crippen molar-refractivity contribution >= 4 is 16.9 Å². The Hall–Kier alpha value is -2.48. The molecule has 3 rings (SSSR count). The minimum atomic E-state index is -0.467. The summed E-state index contributed by atoms with van der Waals surface area (Å²) in [4.78, 5) is 40.8. The molecular formula is C19H27N5O3. The van der Waals surface area contributed by atoms with Crippen LogP contribution < -0.4 is 21.9 Å². The van der Waals surface area contributed by atoms with Gasteiger partial charge in [0.05, 0.1) is 5.39 Å². The smallest absolute Gasteiger partial charge is 0.332 e. The number of nitrogens with one attached hydrogen (secondary N) is 2. The molecule has 8 nitrogen and oxygen atoms in total. The van der Waals surface area contributed by atoms with Crippen LogP contribution in [0.4, 0.5) is 0 Å². The average Bonchev–Trinajstić information content (AvgIpc) is 2.96. The fourth-order valence-electron chi connectivity index (χ4n) is 3.61. The van der Waals surface area contributed by atoms with Gasteiger partial charge in [-0.3, -0.25) is 18.7 Å².